The molecule has 5 N–H and O–H groups in total. The number of rotatable bonds is 11. The first-order chi connectivity index (χ1) is 21.7. The third-order valence-corrected chi connectivity index (χ3v) is 8.89. The number of hydroxylamine groups is 2. The third kappa shape index (κ3) is 5.83. The molecule has 45 heavy (non-hydrogen) atoms. The number of aromatic hydroxyl groups is 1. The zero-order valence-corrected chi connectivity index (χ0v) is 24.7. The molecule has 6 rings (SSSR count). The molecule has 8 unspecified atom stereocenters. The largest absolute Gasteiger partial charge is 0.508 e. The Kier molecular flexibility index (Phi) is 8.91. The van der Waals surface area contributed by atoms with Crippen molar-refractivity contribution in [3.8, 4) is 5.75 Å². The van der Waals surface area contributed by atoms with E-state index in [1.54, 1.807) is 12.1 Å². The van der Waals surface area contributed by atoms with E-state index in [-0.39, 0.29) is 38.7 Å². The highest BCUT2D eigenvalue weighted by molar-refractivity contribution is 5.96. The van der Waals surface area contributed by atoms with Crippen molar-refractivity contribution in [2.45, 2.75) is 68.9 Å². The number of phenols is 1. The van der Waals surface area contributed by atoms with Gasteiger partial charge < -0.3 is 40.2 Å². The number of allylic oxidation sites excluding steroid dienone is 1. The highest BCUT2D eigenvalue weighted by atomic mass is 16.8. The van der Waals surface area contributed by atoms with Gasteiger partial charge in [0, 0.05) is 13.0 Å². The van der Waals surface area contributed by atoms with Crippen LogP contribution in [0.25, 0.3) is 6.08 Å². The molecular weight excluding hydrogens is 586 g/mol. The molecule has 4 aliphatic rings. The lowest BCUT2D eigenvalue weighted by Crippen LogP contribution is -2.71. The van der Waals surface area contributed by atoms with Crippen LogP contribution >= 0.6 is 0 Å². The van der Waals surface area contributed by atoms with Gasteiger partial charge in [-0.05, 0) is 36.1 Å². The van der Waals surface area contributed by atoms with Crippen LogP contribution < -0.4 is 10.6 Å². The summed E-state index contributed by atoms with van der Waals surface area (Å²) in [6.07, 6.45) is 0.173. The summed E-state index contributed by atoms with van der Waals surface area (Å²) in [6, 6.07) is 12.2. The number of carbonyl (C=O) groups is 3. The summed E-state index contributed by atoms with van der Waals surface area (Å²) in [5, 5.41) is 36.1. The van der Waals surface area contributed by atoms with Crippen molar-refractivity contribution in [1.29, 1.82) is 0 Å². The molecule has 3 saturated heterocycles. The van der Waals surface area contributed by atoms with E-state index in [4.69, 9.17) is 24.2 Å². The second-order valence-electron chi connectivity index (χ2n) is 11.8. The molecule has 1 saturated carbocycles. The van der Waals surface area contributed by atoms with Crippen LogP contribution in [-0.2, 0) is 46.4 Å². The van der Waals surface area contributed by atoms with Gasteiger partial charge in [-0.1, -0.05) is 54.6 Å². The molecule has 0 aromatic heterocycles. The minimum Gasteiger partial charge on any atom is -0.508 e. The smallest absolute Gasteiger partial charge is 0.327 e. The van der Waals surface area contributed by atoms with Gasteiger partial charge in [-0.25, -0.2) is 0 Å². The number of phenolic OH excluding ortho intramolecular Hbond substituents is 1. The molecule has 4 fully saturated rings. The predicted octanol–water partition coefficient (Wildman–Crippen LogP) is 0.164. The predicted molar refractivity (Wildman–Crippen MR) is 157 cm³/mol. The van der Waals surface area contributed by atoms with E-state index >= 15 is 0 Å². The summed E-state index contributed by atoms with van der Waals surface area (Å²) >= 11 is 0. The molecule has 2 bridgehead atoms. The molecule has 3 heterocycles. The van der Waals surface area contributed by atoms with Gasteiger partial charge in [0.25, 0.3) is 0 Å². The minimum absolute atomic E-state index is 0.0550. The first-order valence-electron chi connectivity index (χ1n) is 15.0. The van der Waals surface area contributed by atoms with Crippen LogP contribution in [0.3, 0.4) is 0 Å². The number of nitrogens with zero attached hydrogens (tertiary/aromatic N) is 1. The number of hydrogen-bond donors (Lipinski definition) is 5. The van der Waals surface area contributed by atoms with Crippen LogP contribution in [0, 0.1) is 5.41 Å². The van der Waals surface area contributed by atoms with Crippen molar-refractivity contribution in [2.75, 3.05) is 19.9 Å². The first kappa shape index (κ1) is 31.1. The van der Waals surface area contributed by atoms with Gasteiger partial charge in [0.15, 0.2) is 6.04 Å². The lowest BCUT2D eigenvalue weighted by atomic mass is 9.62. The summed E-state index contributed by atoms with van der Waals surface area (Å²) in [4.78, 5) is 47.0. The highest BCUT2D eigenvalue weighted by Crippen LogP contribution is 2.55. The molecule has 240 valence electrons. The number of hydrogen-bond acceptors (Lipinski definition) is 11. The number of aliphatic hydroxyl groups excluding tert-OH is 2. The Morgan fingerprint density at radius 1 is 1.16 bits per heavy atom. The van der Waals surface area contributed by atoms with E-state index in [1.807, 2.05) is 48.6 Å². The lowest BCUT2D eigenvalue weighted by molar-refractivity contribution is -0.201. The Balaban J connectivity index is 1.26. The number of nitrogens with one attached hydrogen (secondary N) is 2. The van der Waals surface area contributed by atoms with Crippen molar-refractivity contribution in [3.63, 3.8) is 0 Å². The fourth-order valence-electron chi connectivity index (χ4n) is 6.78. The van der Waals surface area contributed by atoms with E-state index in [2.05, 4.69) is 10.6 Å². The molecule has 1 aliphatic carbocycles. The average Bonchev–Trinajstić information content (AvgIpc) is 3.64. The van der Waals surface area contributed by atoms with E-state index < -0.39 is 65.8 Å². The summed E-state index contributed by atoms with van der Waals surface area (Å²) in [5.74, 6) is -1.76. The zero-order chi connectivity index (χ0) is 31.7. The minimum atomic E-state index is -1.51. The molecule has 13 nitrogen and oxygen atoms in total. The molecule has 8 atom stereocenters. The Morgan fingerprint density at radius 3 is 2.73 bits per heavy atom. The monoisotopic (exact) mass is 623 g/mol. The fourth-order valence-corrected chi connectivity index (χ4v) is 6.78. The van der Waals surface area contributed by atoms with Gasteiger partial charge in [0.05, 0.1) is 19.3 Å². The second kappa shape index (κ2) is 12.9. The van der Waals surface area contributed by atoms with E-state index in [0.29, 0.717) is 6.42 Å². The van der Waals surface area contributed by atoms with Gasteiger partial charge in [-0.15, -0.1) is 0 Å². The topological polar surface area (TPSA) is 176 Å². The molecule has 2 amide bonds. The summed E-state index contributed by atoms with van der Waals surface area (Å²) < 4.78 is 17.4. The first-order valence-corrected chi connectivity index (χ1v) is 15.0. The number of ether oxygens (including phenoxy) is 3. The second-order valence-corrected chi connectivity index (χ2v) is 11.8. The maximum atomic E-state index is 14.2. The van der Waals surface area contributed by atoms with Gasteiger partial charge in [-0.3, -0.25) is 19.2 Å². The van der Waals surface area contributed by atoms with Crippen molar-refractivity contribution < 1.29 is 48.8 Å². The molecule has 13 heteroatoms. The maximum Gasteiger partial charge on any atom is 0.327 e. The van der Waals surface area contributed by atoms with E-state index in [1.165, 1.54) is 12.0 Å². The van der Waals surface area contributed by atoms with Crippen molar-refractivity contribution in [3.05, 3.63) is 71.3 Å². The van der Waals surface area contributed by atoms with Crippen LogP contribution in [0.5, 0.6) is 5.75 Å². The van der Waals surface area contributed by atoms with Gasteiger partial charge in [0.1, 0.15) is 48.4 Å². The van der Waals surface area contributed by atoms with Crippen LogP contribution in [0.2, 0.25) is 0 Å². The number of carbonyl (C=O) groups excluding carboxylic acids is 3. The quantitative estimate of drug-likeness (QED) is 0.216. The lowest BCUT2D eigenvalue weighted by Gasteiger charge is -2.49. The molecule has 2 aromatic carbocycles. The van der Waals surface area contributed by atoms with Crippen LogP contribution in [-0.4, -0.2) is 101 Å². The molecule has 3 aliphatic heterocycles. The number of esters is 1. The summed E-state index contributed by atoms with van der Waals surface area (Å²) in [5.41, 5.74) is 0.985. The normalized spacial score (nSPS) is 30.0. The fraction of sp³-hybridized carbons (Fsp3) is 0.469. The number of para-hydroxylation sites is 1. The van der Waals surface area contributed by atoms with Gasteiger partial charge in [0.2, 0.25) is 11.8 Å². The SMILES string of the molecule is CC(O)C(NC(=O)C12CC3OC(=O)C1N(Cc1cccc(C=CCc4ccccc4O)c1)OC2C1OCOC31)C(=O)NCCO. The highest BCUT2D eigenvalue weighted by Gasteiger charge is 2.74. The Labute approximate surface area is 259 Å². The van der Waals surface area contributed by atoms with E-state index in [0.717, 1.165) is 16.7 Å². The molecule has 2 aromatic rings. The zero-order valence-electron chi connectivity index (χ0n) is 24.7. The molecule has 0 radical (unpaired) electrons. The summed E-state index contributed by atoms with van der Waals surface area (Å²) in [6.45, 7) is 1.07. The Bertz CT molecular complexity index is 1470. The van der Waals surface area contributed by atoms with Crippen molar-refractivity contribution in [2.24, 2.45) is 5.41 Å². The summed E-state index contributed by atoms with van der Waals surface area (Å²) in [7, 11) is 0. The van der Waals surface area contributed by atoms with Crippen molar-refractivity contribution in [1.82, 2.24) is 15.7 Å². The van der Waals surface area contributed by atoms with Crippen LogP contribution in [0.1, 0.15) is 30.0 Å². The van der Waals surface area contributed by atoms with Gasteiger partial charge in [-0.2, -0.15) is 5.06 Å². The number of amides is 2. The Morgan fingerprint density at radius 2 is 1.96 bits per heavy atom. The van der Waals surface area contributed by atoms with Crippen molar-refractivity contribution >= 4 is 23.9 Å². The van der Waals surface area contributed by atoms with E-state index in [9.17, 15) is 24.6 Å². The maximum absolute atomic E-state index is 14.2. The number of aliphatic hydroxyl groups is 2. The van der Waals surface area contributed by atoms with Crippen LogP contribution in [0.15, 0.2) is 54.6 Å². The molecule has 0 spiro atoms. The number of benzene rings is 2. The number of fused-ring (bicyclic) bond motifs is 4. The van der Waals surface area contributed by atoms with Crippen LogP contribution in [0.4, 0.5) is 0 Å². The molecular formula is C32H37N3O10. The standard InChI is InChI=1S/C32H37N3O10/c1-18(37)24(29(39)33-12-13-36)34-31(41)32-15-23-25-26(43-17-42-25)28(32)45-35(27(32)30(40)44-23)16-20-8-4-6-19(14-20)7-5-10-21-9-2-3-11-22(21)38/h2-9,11,14,18,23-28,36-38H,10,12-13,15-17H2,1H3,(H,33,39)(H,34,41). The Hall–Kier alpha value is -3.85. The third-order valence-electron chi connectivity index (χ3n) is 8.89. The van der Waals surface area contributed by atoms with Gasteiger partial charge >= 0.3 is 5.97 Å². The average molecular weight is 624 g/mol.